The number of nitrogens with two attached hydrogens (primary N) is 1. The summed E-state index contributed by atoms with van der Waals surface area (Å²) in [6.07, 6.45) is 1.27. The molecule has 148 valence electrons. The van der Waals surface area contributed by atoms with Gasteiger partial charge in [-0.3, -0.25) is 15.6 Å². The van der Waals surface area contributed by atoms with Gasteiger partial charge in [0.05, 0.1) is 18.2 Å². The quantitative estimate of drug-likeness (QED) is 0.380. The van der Waals surface area contributed by atoms with E-state index in [4.69, 9.17) is 15.6 Å². The molecule has 1 heterocycles. The predicted molar refractivity (Wildman–Crippen MR) is 107 cm³/mol. The van der Waals surface area contributed by atoms with Gasteiger partial charge in [0, 0.05) is 5.69 Å². The van der Waals surface area contributed by atoms with Crippen molar-refractivity contribution >= 4 is 34.9 Å². The minimum Gasteiger partial charge on any atom is -0.496 e. The van der Waals surface area contributed by atoms with Crippen LogP contribution < -0.4 is 26.6 Å². The Morgan fingerprint density at radius 2 is 1.72 bits per heavy atom. The number of carbonyl (C=O) groups excluding carboxylic acids is 1. The Bertz CT molecular complexity index is 1040. The van der Waals surface area contributed by atoms with E-state index in [2.05, 4.69) is 26.1 Å². The third kappa shape index (κ3) is 4.50. The van der Waals surface area contributed by atoms with Gasteiger partial charge in [0.25, 0.3) is 5.91 Å². The number of carbonyl (C=O) groups is 2. The molecule has 10 nitrogen and oxygen atoms in total. The number of hydrogen-bond acceptors (Lipinski definition) is 8. The molecule has 0 unspecified atom stereocenters. The van der Waals surface area contributed by atoms with Crippen molar-refractivity contribution in [1.82, 2.24) is 15.4 Å². The number of nitrogens with zero attached hydrogens (tertiary/aromatic N) is 2. The summed E-state index contributed by atoms with van der Waals surface area (Å²) in [6, 6.07) is 12.8. The molecule has 0 atom stereocenters. The number of aromatic carboxylic acids is 1. The van der Waals surface area contributed by atoms with E-state index < -0.39 is 11.9 Å². The molecule has 2 aromatic carbocycles. The van der Waals surface area contributed by atoms with Gasteiger partial charge >= 0.3 is 5.97 Å². The van der Waals surface area contributed by atoms with Crippen molar-refractivity contribution < 1.29 is 19.4 Å². The number of nitrogen functional groups attached to an aromatic ring is 1. The number of para-hydroxylation sites is 1. The van der Waals surface area contributed by atoms with E-state index in [1.54, 1.807) is 36.4 Å². The van der Waals surface area contributed by atoms with Crippen LogP contribution in [-0.2, 0) is 0 Å². The lowest BCUT2D eigenvalue weighted by Crippen LogP contribution is -2.30. The fraction of sp³-hybridized carbons (Fsp3) is 0.0526. The zero-order chi connectivity index (χ0) is 20.8. The van der Waals surface area contributed by atoms with Crippen molar-refractivity contribution in [3.63, 3.8) is 0 Å². The molecule has 0 spiro atoms. The van der Waals surface area contributed by atoms with Crippen molar-refractivity contribution in [2.45, 2.75) is 0 Å². The molecular formula is C19H18N6O4. The zero-order valence-electron chi connectivity index (χ0n) is 15.3. The second-order valence-electron chi connectivity index (χ2n) is 5.77. The molecule has 0 aliphatic rings. The maximum atomic E-state index is 12.4. The van der Waals surface area contributed by atoms with E-state index in [0.717, 1.165) is 0 Å². The van der Waals surface area contributed by atoms with Crippen molar-refractivity contribution in [3.05, 3.63) is 66.0 Å². The number of anilines is 4. The highest BCUT2D eigenvalue weighted by Gasteiger charge is 2.13. The van der Waals surface area contributed by atoms with Crippen LogP contribution in [0, 0.1) is 0 Å². The van der Waals surface area contributed by atoms with Gasteiger partial charge in [-0.05, 0) is 36.4 Å². The van der Waals surface area contributed by atoms with E-state index in [9.17, 15) is 9.59 Å². The number of ether oxygens (including phenoxy) is 1. The molecule has 1 aromatic heterocycles. The average molecular weight is 394 g/mol. The van der Waals surface area contributed by atoms with Crippen molar-refractivity contribution in [2.75, 3.05) is 23.6 Å². The maximum absolute atomic E-state index is 12.4. The van der Waals surface area contributed by atoms with Gasteiger partial charge in [0.15, 0.2) is 11.6 Å². The highest BCUT2D eigenvalue weighted by atomic mass is 16.5. The minimum atomic E-state index is -1.02. The van der Waals surface area contributed by atoms with Gasteiger partial charge in [-0.2, -0.15) is 0 Å². The summed E-state index contributed by atoms with van der Waals surface area (Å²) >= 11 is 0. The van der Waals surface area contributed by atoms with Crippen LogP contribution in [0.2, 0.25) is 0 Å². The number of carboxylic acid groups (broad SMARTS) is 1. The van der Waals surface area contributed by atoms with E-state index in [1.807, 2.05) is 0 Å². The van der Waals surface area contributed by atoms with E-state index >= 15 is 0 Å². The summed E-state index contributed by atoms with van der Waals surface area (Å²) in [4.78, 5) is 31.4. The van der Waals surface area contributed by atoms with Gasteiger partial charge in [0.1, 0.15) is 17.8 Å². The van der Waals surface area contributed by atoms with Gasteiger partial charge in [-0.15, -0.1) is 0 Å². The molecule has 0 bridgehead atoms. The zero-order valence-corrected chi connectivity index (χ0v) is 15.3. The molecule has 3 rings (SSSR count). The Balaban J connectivity index is 1.71. The highest BCUT2D eigenvalue weighted by Crippen LogP contribution is 2.25. The smallest absolute Gasteiger partial charge is 0.335 e. The van der Waals surface area contributed by atoms with Crippen molar-refractivity contribution in [2.24, 2.45) is 0 Å². The molecule has 0 saturated carbocycles. The van der Waals surface area contributed by atoms with Crippen LogP contribution in [0.4, 0.5) is 23.0 Å². The first-order valence-corrected chi connectivity index (χ1v) is 8.40. The molecule has 6 N–H and O–H groups in total. The Morgan fingerprint density at radius 3 is 2.41 bits per heavy atom. The third-order valence-corrected chi connectivity index (χ3v) is 3.92. The lowest BCUT2D eigenvalue weighted by molar-refractivity contribution is 0.0696. The first kappa shape index (κ1) is 19.4. The number of nitrogens with one attached hydrogen (secondary N) is 3. The summed E-state index contributed by atoms with van der Waals surface area (Å²) in [5.41, 5.74) is 12.5. The molecule has 10 heteroatoms. The predicted octanol–water partition coefficient (Wildman–Crippen LogP) is 2.27. The first-order valence-electron chi connectivity index (χ1n) is 8.40. The molecule has 0 aliphatic carbocycles. The van der Waals surface area contributed by atoms with Crippen LogP contribution in [0.25, 0.3) is 0 Å². The fourth-order valence-electron chi connectivity index (χ4n) is 2.44. The number of rotatable bonds is 7. The number of carboxylic acids is 1. The monoisotopic (exact) mass is 394 g/mol. The first-order chi connectivity index (χ1) is 14.0. The van der Waals surface area contributed by atoms with E-state index in [0.29, 0.717) is 17.0 Å². The normalized spacial score (nSPS) is 10.1. The largest absolute Gasteiger partial charge is 0.496 e. The summed E-state index contributed by atoms with van der Waals surface area (Å²) in [7, 11) is 1.48. The number of hydrazine groups is 1. The summed E-state index contributed by atoms with van der Waals surface area (Å²) in [5.74, 6) is -0.547. The summed E-state index contributed by atoms with van der Waals surface area (Å²) in [5, 5.41) is 11.9. The summed E-state index contributed by atoms with van der Waals surface area (Å²) < 4.78 is 5.17. The second-order valence-corrected chi connectivity index (χ2v) is 5.77. The van der Waals surface area contributed by atoms with Crippen molar-refractivity contribution in [1.29, 1.82) is 0 Å². The minimum absolute atomic E-state index is 0.160. The fourth-order valence-corrected chi connectivity index (χ4v) is 2.44. The molecule has 1 amide bonds. The van der Waals surface area contributed by atoms with Crippen LogP contribution >= 0.6 is 0 Å². The molecule has 29 heavy (non-hydrogen) atoms. The lowest BCUT2D eigenvalue weighted by atomic mass is 10.2. The standard InChI is InChI=1S/C19H18N6O4/c1-29-14-5-3-2-4-13(14)18(26)25-24-17-15(20)16(21-10-22-17)23-12-8-6-11(7-9-12)19(27)28/h2-10H,20H2,1H3,(H,25,26)(H,27,28)(H2,21,22,23,24). The number of aromatic nitrogens is 2. The Morgan fingerprint density at radius 1 is 1.03 bits per heavy atom. The molecule has 0 aliphatic heterocycles. The summed E-state index contributed by atoms with van der Waals surface area (Å²) in [6.45, 7) is 0. The van der Waals surface area contributed by atoms with E-state index in [1.165, 1.54) is 25.6 Å². The van der Waals surface area contributed by atoms with Crippen LogP contribution in [0.1, 0.15) is 20.7 Å². The van der Waals surface area contributed by atoms with Gasteiger partial charge < -0.3 is 20.9 Å². The van der Waals surface area contributed by atoms with Crippen LogP contribution in [0.5, 0.6) is 5.75 Å². The van der Waals surface area contributed by atoms with Crippen LogP contribution in [0.15, 0.2) is 54.9 Å². The van der Waals surface area contributed by atoms with Gasteiger partial charge in [-0.1, -0.05) is 12.1 Å². The second kappa shape index (κ2) is 8.57. The van der Waals surface area contributed by atoms with Crippen molar-refractivity contribution in [3.8, 4) is 5.75 Å². The van der Waals surface area contributed by atoms with Gasteiger partial charge in [0.2, 0.25) is 0 Å². The topological polar surface area (TPSA) is 151 Å². The van der Waals surface area contributed by atoms with E-state index in [-0.39, 0.29) is 22.9 Å². The number of amides is 1. The number of benzene rings is 2. The molecular weight excluding hydrogens is 376 g/mol. The molecule has 0 radical (unpaired) electrons. The van der Waals surface area contributed by atoms with Crippen LogP contribution in [-0.4, -0.2) is 34.1 Å². The third-order valence-electron chi connectivity index (χ3n) is 3.92. The molecule has 3 aromatic rings. The lowest BCUT2D eigenvalue weighted by Gasteiger charge is -2.14. The molecule has 0 saturated heterocycles. The SMILES string of the molecule is COc1ccccc1C(=O)NNc1ncnc(Nc2ccc(C(=O)O)cc2)c1N. The van der Waals surface area contributed by atoms with Gasteiger partial charge in [-0.25, -0.2) is 14.8 Å². The number of hydrogen-bond donors (Lipinski definition) is 5. The Labute approximate surface area is 165 Å². The van der Waals surface area contributed by atoms with Crippen LogP contribution in [0.3, 0.4) is 0 Å². The Hall–Kier alpha value is -4.34. The Kier molecular flexibility index (Phi) is 5.74. The average Bonchev–Trinajstić information content (AvgIpc) is 2.74. The number of methoxy groups -OCH3 is 1. The molecule has 0 fully saturated rings. The maximum Gasteiger partial charge on any atom is 0.335 e. The highest BCUT2D eigenvalue weighted by molar-refractivity contribution is 5.97.